The van der Waals surface area contributed by atoms with E-state index >= 15 is 0 Å². The number of nitrogens with zero attached hydrogens (tertiary/aromatic N) is 1. The fraction of sp³-hybridized carbons (Fsp3) is 0.133. The molecule has 0 radical (unpaired) electrons. The molecule has 108 valence electrons. The van der Waals surface area contributed by atoms with Gasteiger partial charge in [-0.15, -0.1) is 0 Å². The van der Waals surface area contributed by atoms with Gasteiger partial charge < -0.3 is 9.47 Å². The molecule has 0 bridgehead atoms. The van der Waals surface area contributed by atoms with Gasteiger partial charge in [-0.1, -0.05) is 6.07 Å². The van der Waals surface area contributed by atoms with E-state index in [-0.39, 0.29) is 12.3 Å². The van der Waals surface area contributed by atoms with Crippen LogP contribution in [0.25, 0.3) is 0 Å². The van der Waals surface area contributed by atoms with Crippen LogP contribution in [0.4, 0.5) is 4.39 Å². The second-order valence-corrected chi connectivity index (χ2v) is 4.15. The topological polar surface area (TPSA) is 72.3 Å². The number of rotatable bonds is 5. The molecule has 0 aliphatic rings. The molecular weight excluding hydrogens is 275 g/mol. The number of pyridine rings is 1. The Balaban J connectivity index is 2.05. The van der Waals surface area contributed by atoms with Gasteiger partial charge in [0, 0.05) is 12.3 Å². The molecule has 2 aromatic rings. The minimum Gasteiger partial charge on any atom is -0.487 e. The van der Waals surface area contributed by atoms with E-state index < -0.39 is 11.8 Å². The minimum atomic E-state index is -0.502. The smallest absolute Gasteiger partial charge is 0.337 e. The molecule has 0 amide bonds. The Morgan fingerprint density at radius 1 is 1.33 bits per heavy atom. The van der Waals surface area contributed by atoms with Crippen LogP contribution >= 0.6 is 0 Å². The molecule has 1 heterocycles. The lowest BCUT2D eigenvalue weighted by molar-refractivity contribution is 0.0600. The van der Waals surface area contributed by atoms with Crippen LogP contribution in [0.5, 0.6) is 5.75 Å². The van der Waals surface area contributed by atoms with Crippen molar-refractivity contribution in [1.82, 2.24) is 4.98 Å². The molecule has 0 atom stereocenters. The number of benzene rings is 1. The van der Waals surface area contributed by atoms with Gasteiger partial charge in [-0.2, -0.15) is 0 Å². The van der Waals surface area contributed by atoms with E-state index in [0.717, 1.165) is 0 Å². The maximum atomic E-state index is 13.0. The Morgan fingerprint density at radius 2 is 2.14 bits per heavy atom. The quantitative estimate of drug-likeness (QED) is 0.677. The highest BCUT2D eigenvalue weighted by Gasteiger charge is 2.10. The van der Waals surface area contributed by atoms with Gasteiger partial charge >= 0.3 is 5.97 Å². The summed E-state index contributed by atoms with van der Waals surface area (Å²) in [7, 11) is 1.28. The maximum absolute atomic E-state index is 13.0. The summed E-state index contributed by atoms with van der Waals surface area (Å²) in [6.07, 6.45) is 1.41. The second-order valence-electron chi connectivity index (χ2n) is 4.15. The highest BCUT2D eigenvalue weighted by atomic mass is 19.1. The molecule has 0 saturated heterocycles. The number of carbonyl (C=O) groups excluding carboxylic acids is 1. The number of hydrogen-bond donors (Lipinski definition) is 1. The summed E-state index contributed by atoms with van der Waals surface area (Å²) in [5.41, 5.74) is 0.678. The van der Waals surface area contributed by atoms with Gasteiger partial charge in [0.1, 0.15) is 18.2 Å². The third kappa shape index (κ3) is 3.85. The number of nitrogens with one attached hydrogen (secondary N) is 1. The highest BCUT2D eigenvalue weighted by molar-refractivity contribution is 6.00. The number of carbonyl (C=O) groups is 1. The number of ether oxygens (including phenoxy) is 2. The van der Waals surface area contributed by atoms with Gasteiger partial charge in [0.15, 0.2) is 0 Å². The van der Waals surface area contributed by atoms with E-state index in [1.54, 1.807) is 6.07 Å². The van der Waals surface area contributed by atoms with Crippen LogP contribution < -0.4 is 4.74 Å². The van der Waals surface area contributed by atoms with Gasteiger partial charge in [-0.3, -0.25) is 10.4 Å². The summed E-state index contributed by atoms with van der Waals surface area (Å²) in [5, 5.41) is 7.89. The molecule has 1 aromatic carbocycles. The first-order chi connectivity index (χ1) is 10.1. The molecule has 6 heteroatoms. The van der Waals surface area contributed by atoms with E-state index in [9.17, 15) is 9.18 Å². The van der Waals surface area contributed by atoms with Gasteiger partial charge in [0.25, 0.3) is 0 Å². The molecule has 0 unspecified atom stereocenters. The van der Waals surface area contributed by atoms with Crippen molar-refractivity contribution >= 4 is 11.7 Å². The van der Waals surface area contributed by atoms with E-state index in [1.165, 1.54) is 43.6 Å². The van der Waals surface area contributed by atoms with Crippen molar-refractivity contribution in [2.75, 3.05) is 13.7 Å². The maximum Gasteiger partial charge on any atom is 0.337 e. The van der Waals surface area contributed by atoms with Crippen LogP contribution in [0.15, 0.2) is 42.6 Å². The van der Waals surface area contributed by atoms with Crippen LogP contribution in [0.3, 0.4) is 0 Å². The molecular formula is C15H13FN2O3. The van der Waals surface area contributed by atoms with Crippen LogP contribution in [-0.4, -0.2) is 30.4 Å². The van der Waals surface area contributed by atoms with Crippen LogP contribution in [0, 0.1) is 11.2 Å². The van der Waals surface area contributed by atoms with Crippen molar-refractivity contribution < 1.29 is 18.7 Å². The second kappa shape index (κ2) is 6.60. The lowest BCUT2D eigenvalue weighted by Gasteiger charge is -2.08. The van der Waals surface area contributed by atoms with Crippen LogP contribution in [-0.2, 0) is 4.74 Å². The Kier molecular flexibility index (Phi) is 4.61. The molecule has 0 fully saturated rings. The van der Waals surface area contributed by atoms with Gasteiger partial charge in [-0.05, 0) is 24.3 Å². The van der Waals surface area contributed by atoms with Crippen LogP contribution in [0.1, 0.15) is 16.1 Å². The molecule has 0 aliphatic carbocycles. The average Bonchev–Trinajstić information content (AvgIpc) is 2.52. The lowest BCUT2D eigenvalue weighted by Crippen LogP contribution is -2.14. The fourth-order valence-corrected chi connectivity index (χ4v) is 1.63. The van der Waals surface area contributed by atoms with Crippen molar-refractivity contribution in [3.63, 3.8) is 0 Å². The predicted molar refractivity (Wildman–Crippen MR) is 74.3 cm³/mol. The molecule has 0 aliphatic heterocycles. The van der Waals surface area contributed by atoms with Crippen molar-refractivity contribution in [3.8, 4) is 5.75 Å². The fourth-order valence-electron chi connectivity index (χ4n) is 1.63. The molecule has 2 rings (SSSR count). The Morgan fingerprint density at radius 3 is 2.86 bits per heavy atom. The van der Waals surface area contributed by atoms with Gasteiger partial charge in [-0.25, -0.2) is 9.18 Å². The largest absolute Gasteiger partial charge is 0.487 e. The minimum absolute atomic E-state index is 0.0741. The summed E-state index contributed by atoms with van der Waals surface area (Å²) >= 11 is 0. The highest BCUT2D eigenvalue weighted by Crippen LogP contribution is 2.12. The summed E-state index contributed by atoms with van der Waals surface area (Å²) in [5.74, 6) is -0.591. The number of esters is 1. The SMILES string of the molecule is COC(=O)c1ccnc(C(=N)COc2cccc(F)c2)c1. The number of methoxy groups -OCH3 is 1. The molecule has 5 nitrogen and oxygen atoms in total. The first-order valence-electron chi connectivity index (χ1n) is 6.10. The van der Waals surface area contributed by atoms with Crippen molar-refractivity contribution in [2.45, 2.75) is 0 Å². The molecule has 1 N–H and O–H groups in total. The monoisotopic (exact) mass is 288 g/mol. The third-order valence-corrected chi connectivity index (χ3v) is 2.67. The van der Waals surface area contributed by atoms with Crippen molar-refractivity contribution in [2.24, 2.45) is 0 Å². The Bertz CT molecular complexity index is 673. The number of halogens is 1. The van der Waals surface area contributed by atoms with Crippen molar-refractivity contribution in [3.05, 3.63) is 59.7 Å². The zero-order valence-electron chi connectivity index (χ0n) is 11.3. The normalized spacial score (nSPS) is 10.0. The Hall–Kier alpha value is -2.76. The van der Waals surface area contributed by atoms with E-state index in [1.807, 2.05) is 0 Å². The summed E-state index contributed by atoms with van der Waals surface area (Å²) < 4.78 is 22.9. The number of hydrogen-bond acceptors (Lipinski definition) is 5. The van der Waals surface area contributed by atoms with E-state index in [4.69, 9.17) is 10.1 Å². The first kappa shape index (κ1) is 14.6. The zero-order valence-corrected chi connectivity index (χ0v) is 11.3. The zero-order chi connectivity index (χ0) is 15.2. The first-order valence-corrected chi connectivity index (χ1v) is 6.10. The summed E-state index contributed by atoms with van der Waals surface area (Å²) in [6, 6.07) is 8.59. The van der Waals surface area contributed by atoms with Crippen LogP contribution in [0.2, 0.25) is 0 Å². The molecule has 1 aromatic heterocycles. The van der Waals surface area contributed by atoms with Crippen molar-refractivity contribution in [1.29, 1.82) is 5.41 Å². The lowest BCUT2D eigenvalue weighted by atomic mass is 10.2. The molecule has 21 heavy (non-hydrogen) atoms. The Labute approximate surface area is 120 Å². The van der Waals surface area contributed by atoms with E-state index in [2.05, 4.69) is 9.72 Å². The van der Waals surface area contributed by atoms with E-state index in [0.29, 0.717) is 17.0 Å². The third-order valence-electron chi connectivity index (χ3n) is 2.67. The standard InChI is InChI=1S/C15H13FN2O3/c1-20-15(19)10-5-6-18-14(7-10)13(17)9-21-12-4-2-3-11(16)8-12/h2-8,17H,9H2,1H3. The predicted octanol–water partition coefficient (Wildman–Crippen LogP) is 2.45. The summed E-state index contributed by atoms with van der Waals surface area (Å²) in [6.45, 7) is -0.0823. The average molecular weight is 288 g/mol. The molecule has 0 spiro atoms. The van der Waals surface area contributed by atoms with Gasteiger partial charge in [0.05, 0.1) is 24.1 Å². The number of aromatic nitrogens is 1. The van der Waals surface area contributed by atoms with Gasteiger partial charge in [0.2, 0.25) is 0 Å². The molecule has 0 saturated carbocycles. The summed E-state index contributed by atoms with van der Waals surface area (Å²) in [4.78, 5) is 15.4.